The van der Waals surface area contributed by atoms with Crippen LogP contribution in [0, 0.1) is 24.6 Å². The minimum absolute atomic E-state index is 0.181. The van der Waals surface area contributed by atoms with Gasteiger partial charge in [0, 0.05) is 57.4 Å². The Morgan fingerprint density at radius 1 is 1.05 bits per heavy atom. The van der Waals surface area contributed by atoms with Gasteiger partial charge in [0.15, 0.2) is 0 Å². The van der Waals surface area contributed by atoms with E-state index in [9.17, 15) is 19.1 Å². The van der Waals surface area contributed by atoms with Crippen molar-refractivity contribution in [1.29, 1.82) is 0 Å². The van der Waals surface area contributed by atoms with Crippen LogP contribution in [0.2, 0.25) is 0 Å². The van der Waals surface area contributed by atoms with Crippen LogP contribution in [0.5, 0.6) is 0 Å². The molecular weight excluding hydrogens is 545 g/mol. The zero-order valence-corrected chi connectivity index (χ0v) is 25.9. The molecule has 0 aliphatic carbocycles. The zero-order chi connectivity index (χ0) is 30.5. The van der Waals surface area contributed by atoms with Crippen LogP contribution in [0.1, 0.15) is 67.9 Å². The lowest BCUT2D eigenvalue weighted by molar-refractivity contribution is -0.130. The number of hydrogen-bond acceptors (Lipinski definition) is 5. The quantitative estimate of drug-likeness (QED) is 0.455. The number of fused-ring (bicyclic) bond motifs is 1. The SMILES string of the molecule is CC(=O)N1CCC(CN2CC[C@@H](Cc3cn(-c4ccc(F)cc4C(=O)N4CCC(O)C4(C)C)c4cncc(C)c34)C2)CC1. The Kier molecular flexibility index (Phi) is 8.07. The maximum absolute atomic E-state index is 14.6. The van der Waals surface area contributed by atoms with Crippen molar-refractivity contribution < 1.29 is 19.1 Å². The molecule has 3 aliphatic heterocycles. The van der Waals surface area contributed by atoms with Crippen LogP contribution in [-0.4, -0.2) is 92.1 Å². The summed E-state index contributed by atoms with van der Waals surface area (Å²) in [7, 11) is 0. The summed E-state index contributed by atoms with van der Waals surface area (Å²) in [6, 6.07) is 4.41. The summed E-state index contributed by atoms with van der Waals surface area (Å²) >= 11 is 0. The second-order valence-electron chi connectivity index (χ2n) is 13.5. The number of halogens is 1. The second-order valence-corrected chi connectivity index (χ2v) is 13.5. The summed E-state index contributed by atoms with van der Waals surface area (Å²) in [6.07, 6.45) is 9.92. The number of amides is 2. The van der Waals surface area contributed by atoms with Crippen molar-refractivity contribution in [1.82, 2.24) is 24.3 Å². The fourth-order valence-corrected chi connectivity index (χ4v) is 7.62. The molecule has 3 aromatic rings. The Morgan fingerprint density at radius 3 is 2.49 bits per heavy atom. The summed E-state index contributed by atoms with van der Waals surface area (Å²) in [5.74, 6) is 0.597. The number of pyridine rings is 1. The van der Waals surface area contributed by atoms with Crippen LogP contribution < -0.4 is 0 Å². The minimum atomic E-state index is -0.735. The Morgan fingerprint density at radius 2 is 1.79 bits per heavy atom. The van der Waals surface area contributed by atoms with Crippen LogP contribution in [0.15, 0.2) is 36.8 Å². The van der Waals surface area contributed by atoms with Gasteiger partial charge in [-0.05, 0) is 101 Å². The van der Waals surface area contributed by atoms with Gasteiger partial charge >= 0.3 is 0 Å². The molecule has 2 atom stereocenters. The molecule has 9 heteroatoms. The molecule has 5 heterocycles. The lowest BCUT2D eigenvalue weighted by Gasteiger charge is -2.34. The highest BCUT2D eigenvalue weighted by Crippen LogP contribution is 2.35. The number of nitrogens with zero attached hydrogens (tertiary/aromatic N) is 5. The molecule has 1 aromatic carbocycles. The highest BCUT2D eigenvalue weighted by molar-refractivity contribution is 6.00. The maximum atomic E-state index is 14.6. The first-order valence-corrected chi connectivity index (χ1v) is 15.7. The Bertz CT molecular complexity index is 1530. The number of rotatable bonds is 6. The van der Waals surface area contributed by atoms with Crippen molar-refractivity contribution in [2.45, 2.75) is 71.4 Å². The van der Waals surface area contributed by atoms with Gasteiger partial charge in [0.2, 0.25) is 5.91 Å². The molecule has 3 aliphatic rings. The number of carbonyl (C=O) groups excluding carboxylic acids is 2. The minimum Gasteiger partial charge on any atom is -0.391 e. The summed E-state index contributed by atoms with van der Waals surface area (Å²) in [6.45, 7) is 12.8. The Hall–Kier alpha value is -3.30. The van der Waals surface area contributed by atoms with Crippen molar-refractivity contribution in [3.63, 3.8) is 0 Å². The molecule has 8 nitrogen and oxygen atoms in total. The molecule has 3 fully saturated rings. The summed E-state index contributed by atoms with van der Waals surface area (Å²) in [5.41, 5.74) is 3.38. The average Bonchev–Trinajstić information content (AvgIpc) is 3.65. The highest BCUT2D eigenvalue weighted by atomic mass is 19.1. The Balaban J connectivity index is 1.25. The molecule has 2 aromatic heterocycles. The van der Waals surface area contributed by atoms with Gasteiger partial charge in [-0.15, -0.1) is 0 Å². The van der Waals surface area contributed by atoms with Gasteiger partial charge in [-0.2, -0.15) is 0 Å². The summed E-state index contributed by atoms with van der Waals surface area (Å²) in [4.78, 5) is 36.3. The predicted octanol–water partition coefficient (Wildman–Crippen LogP) is 4.58. The van der Waals surface area contributed by atoms with E-state index in [2.05, 4.69) is 23.0 Å². The first kappa shape index (κ1) is 29.8. The number of aliphatic hydroxyl groups is 1. The van der Waals surface area contributed by atoms with E-state index < -0.39 is 17.5 Å². The van der Waals surface area contributed by atoms with E-state index in [0.29, 0.717) is 30.5 Å². The molecule has 0 spiro atoms. The molecule has 1 unspecified atom stereocenters. The highest BCUT2D eigenvalue weighted by Gasteiger charge is 2.43. The van der Waals surface area contributed by atoms with E-state index in [0.717, 1.165) is 74.9 Å². The average molecular weight is 590 g/mol. The van der Waals surface area contributed by atoms with E-state index in [-0.39, 0.29) is 17.4 Å². The number of piperidine rings is 1. The third-order valence-corrected chi connectivity index (χ3v) is 10.3. The molecule has 0 radical (unpaired) electrons. The van der Waals surface area contributed by atoms with Crippen molar-refractivity contribution in [3.05, 3.63) is 59.3 Å². The van der Waals surface area contributed by atoms with Gasteiger partial charge < -0.3 is 24.4 Å². The van der Waals surface area contributed by atoms with E-state index >= 15 is 0 Å². The molecule has 6 rings (SSSR count). The molecule has 0 saturated carbocycles. The van der Waals surface area contributed by atoms with E-state index in [1.165, 1.54) is 17.7 Å². The van der Waals surface area contributed by atoms with Crippen LogP contribution in [0.25, 0.3) is 16.6 Å². The lowest BCUT2D eigenvalue weighted by atomic mass is 9.96. The number of aryl methyl sites for hydroxylation is 1. The van der Waals surface area contributed by atoms with Gasteiger partial charge in [-0.3, -0.25) is 14.6 Å². The molecule has 1 N–H and O–H groups in total. The second kappa shape index (κ2) is 11.7. The number of benzene rings is 1. The van der Waals surface area contributed by atoms with Crippen molar-refractivity contribution in [2.75, 3.05) is 39.3 Å². The predicted molar refractivity (Wildman–Crippen MR) is 165 cm³/mol. The van der Waals surface area contributed by atoms with E-state index in [1.807, 2.05) is 35.7 Å². The van der Waals surface area contributed by atoms with Crippen molar-refractivity contribution in [2.24, 2.45) is 11.8 Å². The molecule has 3 saturated heterocycles. The van der Waals surface area contributed by atoms with Crippen LogP contribution >= 0.6 is 0 Å². The first-order valence-electron chi connectivity index (χ1n) is 15.7. The number of likely N-dealkylation sites (tertiary alicyclic amines) is 3. The standard InChI is InChI=1S/C34H44FN5O3/c1-22-17-36-18-30-32(22)26(15-25-7-11-37(20-25)19-24-8-12-38(13-9-24)23(2)41)21-39(30)29-6-5-27(35)16-28(29)33(43)40-14-10-31(42)34(40,3)4/h5-6,16-18,21,24-25,31,42H,7-15,19-20H2,1-4H3/t25-,31?/m0/s1. The fraction of sp³-hybridized carbons (Fsp3) is 0.559. The van der Waals surface area contributed by atoms with Gasteiger partial charge in [0.25, 0.3) is 5.91 Å². The van der Waals surface area contributed by atoms with E-state index in [1.54, 1.807) is 17.9 Å². The van der Waals surface area contributed by atoms with Crippen LogP contribution in [-0.2, 0) is 11.2 Å². The number of aromatic nitrogens is 2. The van der Waals surface area contributed by atoms with Gasteiger partial charge in [0.1, 0.15) is 5.82 Å². The molecule has 43 heavy (non-hydrogen) atoms. The first-order chi connectivity index (χ1) is 20.5. The third-order valence-electron chi connectivity index (χ3n) is 10.3. The molecule has 0 bridgehead atoms. The molecular formula is C34H44FN5O3. The van der Waals surface area contributed by atoms with Gasteiger partial charge in [0.05, 0.1) is 34.6 Å². The molecule has 230 valence electrons. The van der Waals surface area contributed by atoms with Gasteiger partial charge in [-0.1, -0.05) is 0 Å². The van der Waals surface area contributed by atoms with E-state index in [4.69, 9.17) is 0 Å². The van der Waals surface area contributed by atoms with Gasteiger partial charge in [-0.25, -0.2) is 4.39 Å². The molecule has 2 amide bonds. The number of aliphatic hydroxyl groups excluding tert-OH is 1. The van der Waals surface area contributed by atoms with Crippen LogP contribution in [0.3, 0.4) is 0 Å². The Labute approximate surface area is 253 Å². The fourth-order valence-electron chi connectivity index (χ4n) is 7.62. The summed E-state index contributed by atoms with van der Waals surface area (Å²) in [5, 5.41) is 11.7. The lowest BCUT2D eigenvalue weighted by Crippen LogP contribution is -2.48. The zero-order valence-electron chi connectivity index (χ0n) is 25.9. The summed E-state index contributed by atoms with van der Waals surface area (Å²) < 4.78 is 16.6. The monoisotopic (exact) mass is 589 g/mol. The maximum Gasteiger partial charge on any atom is 0.256 e. The third kappa shape index (κ3) is 5.69. The van der Waals surface area contributed by atoms with Crippen LogP contribution in [0.4, 0.5) is 4.39 Å². The topological polar surface area (TPSA) is 81.9 Å². The smallest absolute Gasteiger partial charge is 0.256 e. The number of carbonyl (C=O) groups is 2. The largest absolute Gasteiger partial charge is 0.391 e. The van der Waals surface area contributed by atoms with Crippen molar-refractivity contribution >= 4 is 22.7 Å². The number of hydrogen-bond donors (Lipinski definition) is 1. The van der Waals surface area contributed by atoms with Crippen molar-refractivity contribution in [3.8, 4) is 5.69 Å². The normalized spacial score (nSPS) is 23.0.